The van der Waals surface area contributed by atoms with Gasteiger partial charge in [-0.3, -0.25) is 4.79 Å². The number of para-hydroxylation sites is 1. The summed E-state index contributed by atoms with van der Waals surface area (Å²) >= 11 is 0. The lowest BCUT2D eigenvalue weighted by Crippen LogP contribution is -2.49. The Morgan fingerprint density at radius 3 is 2.48 bits per heavy atom. The van der Waals surface area contributed by atoms with Gasteiger partial charge < -0.3 is 19.6 Å². The van der Waals surface area contributed by atoms with E-state index in [1.165, 1.54) is 6.20 Å². The third-order valence-electron chi connectivity index (χ3n) is 4.55. The van der Waals surface area contributed by atoms with Gasteiger partial charge in [-0.2, -0.15) is 0 Å². The maximum Gasteiger partial charge on any atom is 0.339 e. The van der Waals surface area contributed by atoms with Crippen LogP contribution in [0.15, 0.2) is 42.6 Å². The second-order valence-electron chi connectivity index (χ2n) is 6.30. The number of piperazine rings is 1. The Hall–Kier alpha value is -3.09. The molecule has 1 N–H and O–H groups in total. The zero-order chi connectivity index (χ0) is 19.2. The molecule has 0 saturated carbocycles. The first-order valence-corrected chi connectivity index (χ1v) is 9.01. The van der Waals surface area contributed by atoms with Gasteiger partial charge in [-0.05, 0) is 25.1 Å². The monoisotopic (exact) mass is 369 g/mol. The van der Waals surface area contributed by atoms with Crippen LogP contribution in [0.25, 0.3) is 0 Å². The summed E-state index contributed by atoms with van der Waals surface area (Å²) in [5.41, 5.74) is 1.07. The smallest absolute Gasteiger partial charge is 0.339 e. The zero-order valence-corrected chi connectivity index (χ0v) is 15.3. The minimum atomic E-state index is -0.379. The van der Waals surface area contributed by atoms with E-state index in [1.807, 2.05) is 6.07 Å². The topological polar surface area (TPSA) is 83.0 Å². The van der Waals surface area contributed by atoms with Gasteiger partial charge in [-0.1, -0.05) is 18.2 Å². The third-order valence-corrected chi connectivity index (χ3v) is 4.55. The number of carbonyl (C=O) groups is 2. The molecule has 0 aliphatic carbocycles. The predicted octanol–water partition coefficient (Wildman–Crippen LogP) is 1.86. The van der Waals surface area contributed by atoms with Gasteiger partial charge in [-0.25, -0.2) is 9.78 Å². The summed E-state index contributed by atoms with van der Waals surface area (Å²) in [4.78, 5) is 32.4. The normalized spacial score (nSPS) is 14.1. The van der Waals surface area contributed by atoms with Crippen molar-refractivity contribution >= 4 is 17.7 Å². The molecule has 1 fully saturated rings. The molecule has 7 heteroatoms. The highest BCUT2D eigenvalue weighted by molar-refractivity contribution is 5.89. The summed E-state index contributed by atoms with van der Waals surface area (Å²) in [6.07, 6.45) is 1.71. The number of ether oxygens (including phenoxy) is 1. The number of aromatic hydroxyl groups is 1. The first kappa shape index (κ1) is 18.7. The zero-order valence-electron chi connectivity index (χ0n) is 15.3. The van der Waals surface area contributed by atoms with Gasteiger partial charge in [0.05, 0.1) is 18.6 Å². The highest BCUT2D eigenvalue weighted by atomic mass is 16.5. The molecule has 1 aliphatic rings. The number of pyridine rings is 1. The van der Waals surface area contributed by atoms with Crippen LogP contribution in [0.1, 0.15) is 22.8 Å². The Bertz CT molecular complexity index is 799. The number of phenolic OH excluding ortho intramolecular Hbond substituents is 1. The van der Waals surface area contributed by atoms with E-state index in [2.05, 4.69) is 9.88 Å². The van der Waals surface area contributed by atoms with Crippen LogP contribution < -0.4 is 4.90 Å². The van der Waals surface area contributed by atoms with E-state index < -0.39 is 0 Å². The average molecular weight is 369 g/mol. The lowest BCUT2D eigenvalue weighted by molar-refractivity contribution is -0.130. The average Bonchev–Trinajstić information content (AvgIpc) is 2.70. The summed E-state index contributed by atoms with van der Waals surface area (Å²) in [7, 11) is 0. The van der Waals surface area contributed by atoms with Crippen molar-refractivity contribution in [2.24, 2.45) is 0 Å². The van der Waals surface area contributed by atoms with Gasteiger partial charge in [0.25, 0.3) is 0 Å². The van der Waals surface area contributed by atoms with Crippen molar-refractivity contribution in [3.63, 3.8) is 0 Å². The number of esters is 1. The van der Waals surface area contributed by atoms with Crippen molar-refractivity contribution in [2.45, 2.75) is 13.3 Å². The van der Waals surface area contributed by atoms with Crippen LogP contribution in [-0.4, -0.2) is 59.7 Å². The Balaban J connectivity index is 1.55. The standard InChI is InChI=1S/C20H23N3O4/c1-2-27-20(26)16-7-8-18(21-14-16)22-9-11-23(12-10-22)19(25)13-15-5-3-4-6-17(15)24/h3-8,14,24H,2,9-13H2,1H3. The number of rotatable bonds is 5. The largest absolute Gasteiger partial charge is 0.508 e. The maximum atomic E-state index is 12.5. The van der Waals surface area contributed by atoms with Crippen LogP contribution in [0.5, 0.6) is 5.75 Å². The first-order chi connectivity index (χ1) is 13.1. The Morgan fingerprint density at radius 1 is 1.11 bits per heavy atom. The number of phenols is 1. The van der Waals surface area contributed by atoms with Crippen molar-refractivity contribution in [1.82, 2.24) is 9.88 Å². The quantitative estimate of drug-likeness (QED) is 0.810. The van der Waals surface area contributed by atoms with E-state index in [0.29, 0.717) is 43.9 Å². The molecule has 1 aromatic carbocycles. The number of aromatic nitrogens is 1. The van der Waals surface area contributed by atoms with Gasteiger partial charge in [0, 0.05) is 37.9 Å². The Labute approximate surface area is 158 Å². The van der Waals surface area contributed by atoms with E-state index in [9.17, 15) is 14.7 Å². The first-order valence-electron chi connectivity index (χ1n) is 9.01. The Morgan fingerprint density at radius 2 is 1.85 bits per heavy atom. The lowest BCUT2D eigenvalue weighted by Gasteiger charge is -2.35. The van der Waals surface area contributed by atoms with Crippen molar-refractivity contribution in [1.29, 1.82) is 0 Å². The summed E-state index contributed by atoms with van der Waals surface area (Å²) < 4.78 is 4.96. The number of hydrogen-bond donors (Lipinski definition) is 1. The number of carbonyl (C=O) groups excluding carboxylic acids is 2. The highest BCUT2D eigenvalue weighted by Crippen LogP contribution is 2.19. The molecule has 1 aliphatic heterocycles. The van der Waals surface area contributed by atoms with E-state index in [4.69, 9.17) is 4.74 Å². The van der Waals surface area contributed by atoms with Crippen LogP contribution in [0.4, 0.5) is 5.82 Å². The van der Waals surface area contributed by atoms with Gasteiger partial charge in [0.15, 0.2) is 0 Å². The molecule has 27 heavy (non-hydrogen) atoms. The van der Waals surface area contributed by atoms with E-state index >= 15 is 0 Å². The SMILES string of the molecule is CCOC(=O)c1ccc(N2CCN(C(=O)Cc3ccccc3O)CC2)nc1. The molecular weight excluding hydrogens is 346 g/mol. The second-order valence-corrected chi connectivity index (χ2v) is 6.30. The number of hydrogen-bond acceptors (Lipinski definition) is 6. The van der Waals surface area contributed by atoms with Gasteiger partial charge in [-0.15, -0.1) is 0 Å². The molecular formula is C20H23N3O4. The minimum Gasteiger partial charge on any atom is -0.508 e. The van der Waals surface area contributed by atoms with Gasteiger partial charge in [0.1, 0.15) is 11.6 Å². The number of benzene rings is 1. The molecule has 1 amide bonds. The summed E-state index contributed by atoms with van der Waals surface area (Å²) in [6, 6.07) is 10.4. The molecule has 0 spiro atoms. The van der Waals surface area contributed by atoms with E-state index in [-0.39, 0.29) is 24.0 Å². The number of anilines is 1. The maximum absolute atomic E-state index is 12.5. The minimum absolute atomic E-state index is 0.00164. The van der Waals surface area contributed by atoms with E-state index in [0.717, 1.165) is 5.82 Å². The number of nitrogens with zero attached hydrogens (tertiary/aromatic N) is 3. The van der Waals surface area contributed by atoms with Gasteiger partial charge in [0.2, 0.25) is 5.91 Å². The molecule has 7 nitrogen and oxygen atoms in total. The molecule has 3 rings (SSSR count). The molecule has 2 aromatic rings. The molecule has 2 heterocycles. The van der Waals surface area contributed by atoms with Crippen LogP contribution in [-0.2, 0) is 16.0 Å². The second kappa shape index (κ2) is 8.53. The number of amides is 1. The molecule has 142 valence electrons. The van der Waals surface area contributed by atoms with Crippen molar-refractivity contribution in [3.8, 4) is 5.75 Å². The molecule has 0 atom stereocenters. The molecule has 0 unspecified atom stereocenters. The fourth-order valence-corrected chi connectivity index (χ4v) is 3.03. The van der Waals surface area contributed by atoms with E-state index in [1.54, 1.807) is 42.2 Å². The van der Waals surface area contributed by atoms with Crippen molar-refractivity contribution < 1.29 is 19.4 Å². The highest BCUT2D eigenvalue weighted by Gasteiger charge is 2.22. The third kappa shape index (κ3) is 4.55. The molecule has 0 bridgehead atoms. The van der Waals surface area contributed by atoms with Gasteiger partial charge >= 0.3 is 5.97 Å². The summed E-state index contributed by atoms with van der Waals surface area (Å²) in [5, 5.41) is 9.82. The summed E-state index contributed by atoms with van der Waals surface area (Å²) in [5.74, 6) is 0.545. The van der Waals surface area contributed by atoms with Crippen LogP contribution in [0.2, 0.25) is 0 Å². The molecule has 1 saturated heterocycles. The molecule has 1 aromatic heterocycles. The van der Waals surface area contributed by atoms with Crippen molar-refractivity contribution in [3.05, 3.63) is 53.7 Å². The van der Waals surface area contributed by atoms with Crippen LogP contribution in [0.3, 0.4) is 0 Å². The lowest BCUT2D eigenvalue weighted by atomic mass is 10.1. The van der Waals surface area contributed by atoms with Crippen molar-refractivity contribution in [2.75, 3.05) is 37.7 Å². The predicted molar refractivity (Wildman–Crippen MR) is 101 cm³/mol. The Kier molecular flexibility index (Phi) is 5.90. The van der Waals surface area contributed by atoms with Crippen LogP contribution in [0, 0.1) is 0 Å². The molecule has 0 radical (unpaired) electrons. The fraction of sp³-hybridized carbons (Fsp3) is 0.350. The van der Waals surface area contributed by atoms with Crippen LogP contribution >= 0.6 is 0 Å². The summed E-state index contributed by atoms with van der Waals surface area (Å²) in [6.45, 7) is 4.61. The fourth-order valence-electron chi connectivity index (χ4n) is 3.03.